The summed E-state index contributed by atoms with van der Waals surface area (Å²) in [7, 11) is 0. The van der Waals surface area contributed by atoms with Crippen LogP contribution in [0, 0.1) is 5.82 Å². The van der Waals surface area contributed by atoms with Crippen LogP contribution < -0.4 is 5.73 Å². The molecule has 1 aromatic rings. The Hall–Kier alpha value is -1.62. The van der Waals surface area contributed by atoms with Gasteiger partial charge in [-0.25, -0.2) is 4.39 Å². The Morgan fingerprint density at radius 1 is 1.40 bits per heavy atom. The topological polar surface area (TPSA) is 61.8 Å². The maximum Gasteiger partial charge on any atom is 0.170 e. The molecule has 20 heavy (non-hydrogen) atoms. The smallest absolute Gasteiger partial charge is 0.170 e. The molecule has 0 amide bonds. The maximum atomic E-state index is 13.6. The van der Waals surface area contributed by atoms with Gasteiger partial charge in [-0.05, 0) is 43.1 Å². The largest absolute Gasteiger partial charge is 0.409 e. The zero-order valence-corrected chi connectivity index (χ0v) is 11.8. The van der Waals surface area contributed by atoms with E-state index in [1.54, 1.807) is 6.07 Å². The molecule has 1 aromatic carbocycles. The monoisotopic (exact) mass is 279 g/mol. The van der Waals surface area contributed by atoms with Crippen molar-refractivity contribution in [2.75, 3.05) is 6.54 Å². The van der Waals surface area contributed by atoms with E-state index in [1.807, 2.05) is 0 Å². The lowest BCUT2D eigenvalue weighted by Gasteiger charge is -2.27. The molecule has 0 bridgehead atoms. The fourth-order valence-corrected chi connectivity index (χ4v) is 2.95. The van der Waals surface area contributed by atoms with Gasteiger partial charge in [0, 0.05) is 18.2 Å². The summed E-state index contributed by atoms with van der Waals surface area (Å²) in [5.41, 5.74) is 6.82. The van der Waals surface area contributed by atoms with Crippen LogP contribution >= 0.6 is 0 Å². The summed E-state index contributed by atoms with van der Waals surface area (Å²) in [6.07, 6.45) is 4.99. The van der Waals surface area contributed by atoms with E-state index in [2.05, 4.69) is 17.0 Å². The second-order valence-electron chi connectivity index (χ2n) is 5.33. The summed E-state index contributed by atoms with van der Waals surface area (Å²) in [6, 6.07) is 5.18. The first-order valence-corrected chi connectivity index (χ1v) is 7.15. The van der Waals surface area contributed by atoms with E-state index < -0.39 is 0 Å². The first-order chi connectivity index (χ1) is 9.63. The van der Waals surface area contributed by atoms with Crippen molar-refractivity contribution in [3.05, 3.63) is 35.1 Å². The average molecular weight is 279 g/mol. The van der Waals surface area contributed by atoms with Gasteiger partial charge in [-0.2, -0.15) is 0 Å². The number of amidine groups is 1. The van der Waals surface area contributed by atoms with Gasteiger partial charge in [0.05, 0.1) is 0 Å². The summed E-state index contributed by atoms with van der Waals surface area (Å²) in [6.45, 7) is 3.77. The Bertz CT molecular complexity index is 484. The molecule has 0 aromatic heterocycles. The van der Waals surface area contributed by atoms with E-state index in [-0.39, 0.29) is 11.7 Å². The van der Waals surface area contributed by atoms with Crippen LogP contribution in [0.1, 0.15) is 43.7 Å². The minimum atomic E-state index is -0.355. The zero-order chi connectivity index (χ0) is 14.5. The van der Waals surface area contributed by atoms with E-state index in [4.69, 9.17) is 10.9 Å². The van der Waals surface area contributed by atoms with Crippen LogP contribution in [0.2, 0.25) is 0 Å². The molecule has 5 heteroatoms. The number of rotatable bonds is 5. The highest BCUT2D eigenvalue weighted by molar-refractivity contribution is 5.97. The molecule has 1 saturated carbocycles. The van der Waals surface area contributed by atoms with Crippen molar-refractivity contribution in [1.82, 2.24) is 4.90 Å². The molecule has 0 atom stereocenters. The number of nitrogens with two attached hydrogens (primary N) is 1. The predicted molar refractivity (Wildman–Crippen MR) is 77.3 cm³/mol. The van der Waals surface area contributed by atoms with Crippen LogP contribution in [-0.2, 0) is 6.54 Å². The van der Waals surface area contributed by atoms with Gasteiger partial charge in [0.1, 0.15) is 5.82 Å². The van der Waals surface area contributed by atoms with Crippen molar-refractivity contribution in [3.63, 3.8) is 0 Å². The molecule has 0 aliphatic heterocycles. The third kappa shape index (κ3) is 3.48. The summed E-state index contributed by atoms with van der Waals surface area (Å²) < 4.78 is 13.6. The molecule has 2 rings (SSSR count). The van der Waals surface area contributed by atoms with Gasteiger partial charge in [0.2, 0.25) is 0 Å². The lowest BCUT2D eigenvalue weighted by molar-refractivity contribution is 0.200. The predicted octanol–water partition coefficient (Wildman–Crippen LogP) is 2.68. The van der Waals surface area contributed by atoms with Gasteiger partial charge in [0.25, 0.3) is 0 Å². The van der Waals surface area contributed by atoms with Gasteiger partial charge in [-0.3, -0.25) is 4.90 Å². The molecule has 4 nitrogen and oxygen atoms in total. The third-order valence-electron chi connectivity index (χ3n) is 3.99. The molecule has 0 heterocycles. The van der Waals surface area contributed by atoms with E-state index in [0.717, 1.165) is 12.1 Å². The minimum absolute atomic E-state index is 0.0605. The quantitative estimate of drug-likeness (QED) is 0.377. The van der Waals surface area contributed by atoms with Crippen molar-refractivity contribution in [2.45, 2.75) is 45.2 Å². The molecule has 1 fully saturated rings. The highest BCUT2D eigenvalue weighted by atomic mass is 19.1. The zero-order valence-electron chi connectivity index (χ0n) is 11.8. The molecule has 0 unspecified atom stereocenters. The SMILES string of the molecule is CCN(Cc1cc(F)cc(/C(N)=N/O)c1)C1CCCC1. The van der Waals surface area contributed by atoms with Gasteiger partial charge >= 0.3 is 0 Å². The van der Waals surface area contributed by atoms with Crippen LogP contribution in [0.3, 0.4) is 0 Å². The van der Waals surface area contributed by atoms with Crippen molar-refractivity contribution in [2.24, 2.45) is 10.9 Å². The number of hydrogen-bond acceptors (Lipinski definition) is 3. The fourth-order valence-electron chi connectivity index (χ4n) is 2.95. The van der Waals surface area contributed by atoms with Gasteiger partial charge in [-0.1, -0.05) is 24.9 Å². The lowest BCUT2D eigenvalue weighted by atomic mass is 10.1. The Morgan fingerprint density at radius 3 is 2.70 bits per heavy atom. The van der Waals surface area contributed by atoms with Crippen molar-refractivity contribution < 1.29 is 9.60 Å². The number of oxime groups is 1. The van der Waals surface area contributed by atoms with Crippen LogP contribution in [0.4, 0.5) is 4.39 Å². The van der Waals surface area contributed by atoms with Crippen molar-refractivity contribution in [1.29, 1.82) is 0 Å². The highest BCUT2D eigenvalue weighted by Gasteiger charge is 2.21. The normalized spacial score (nSPS) is 17.1. The summed E-state index contributed by atoms with van der Waals surface area (Å²) in [5.74, 6) is -0.416. The van der Waals surface area contributed by atoms with Gasteiger partial charge in [-0.15, -0.1) is 0 Å². The van der Waals surface area contributed by atoms with Crippen LogP contribution in [-0.4, -0.2) is 28.5 Å². The van der Waals surface area contributed by atoms with E-state index in [1.165, 1.54) is 37.8 Å². The molecule has 1 aliphatic carbocycles. The van der Waals surface area contributed by atoms with E-state index in [0.29, 0.717) is 18.2 Å². The van der Waals surface area contributed by atoms with E-state index >= 15 is 0 Å². The number of hydrogen-bond donors (Lipinski definition) is 2. The first kappa shape index (κ1) is 14.8. The molecule has 0 spiro atoms. The Morgan fingerprint density at radius 2 is 2.10 bits per heavy atom. The molecule has 1 aliphatic rings. The Kier molecular flexibility index (Phi) is 4.95. The Labute approximate surface area is 119 Å². The second-order valence-corrected chi connectivity index (χ2v) is 5.33. The number of benzene rings is 1. The third-order valence-corrected chi connectivity index (χ3v) is 3.99. The Balaban J connectivity index is 2.17. The van der Waals surface area contributed by atoms with Gasteiger partial charge in [0.15, 0.2) is 5.84 Å². The van der Waals surface area contributed by atoms with E-state index in [9.17, 15) is 4.39 Å². The maximum absolute atomic E-state index is 13.6. The molecular formula is C15H22FN3O. The summed E-state index contributed by atoms with van der Waals surface area (Å²) in [4.78, 5) is 2.37. The fraction of sp³-hybridized carbons (Fsp3) is 0.533. The average Bonchev–Trinajstić information content (AvgIpc) is 2.97. The van der Waals surface area contributed by atoms with Crippen molar-refractivity contribution >= 4 is 5.84 Å². The number of halogens is 1. The van der Waals surface area contributed by atoms with Crippen LogP contribution in [0.15, 0.2) is 23.4 Å². The first-order valence-electron chi connectivity index (χ1n) is 7.15. The molecule has 0 radical (unpaired) electrons. The second kappa shape index (κ2) is 6.70. The molecule has 0 saturated heterocycles. The van der Waals surface area contributed by atoms with Gasteiger partial charge < -0.3 is 10.9 Å². The highest BCUT2D eigenvalue weighted by Crippen LogP contribution is 2.25. The van der Waals surface area contributed by atoms with Crippen LogP contribution in [0.5, 0.6) is 0 Å². The number of nitrogens with zero attached hydrogens (tertiary/aromatic N) is 2. The molecular weight excluding hydrogens is 257 g/mol. The van der Waals surface area contributed by atoms with Crippen molar-refractivity contribution in [3.8, 4) is 0 Å². The summed E-state index contributed by atoms with van der Waals surface area (Å²) in [5, 5.41) is 11.6. The molecule has 110 valence electrons. The summed E-state index contributed by atoms with van der Waals surface area (Å²) >= 11 is 0. The van der Waals surface area contributed by atoms with Crippen LogP contribution in [0.25, 0.3) is 0 Å². The minimum Gasteiger partial charge on any atom is -0.409 e. The standard InChI is InChI=1S/C15H22FN3O/c1-2-19(14-5-3-4-6-14)10-11-7-12(15(17)18-20)9-13(16)8-11/h7-9,14,20H,2-6,10H2,1H3,(H2,17,18). The molecule has 3 N–H and O–H groups in total. The lowest BCUT2D eigenvalue weighted by Crippen LogP contribution is -2.32.